The topological polar surface area (TPSA) is 79.6 Å². The maximum atomic E-state index is 11.1. The Morgan fingerprint density at radius 3 is 2.78 bits per heavy atom. The van der Waals surface area contributed by atoms with Crippen molar-refractivity contribution in [3.8, 4) is 29.4 Å². The van der Waals surface area contributed by atoms with Gasteiger partial charge in [-0.25, -0.2) is 4.79 Å². The summed E-state index contributed by atoms with van der Waals surface area (Å²) >= 11 is 0. The second-order valence-electron chi connectivity index (χ2n) is 3.16. The number of esters is 1. The third-order valence-electron chi connectivity index (χ3n) is 2.00. The van der Waals surface area contributed by atoms with Crippen LogP contribution in [0.2, 0.25) is 0 Å². The van der Waals surface area contributed by atoms with Crippen molar-refractivity contribution in [1.82, 2.24) is 0 Å². The summed E-state index contributed by atoms with van der Waals surface area (Å²) in [5.41, 5.74) is 0.414. The fraction of sp³-hybridized carbons (Fsp3) is 0.231. The lowest BCUT2D eigenvalue weighted by molar-refractivity contribution is -0.136. The highest BCUT2D eigenvalue weighted by Gasteiger charge is 2.09. The Labute approximate surface area is 105 Å². The SMILES string of the molecule is CCOC(=O)C#Cc1cc(C#N)cc(OC)c1O. The summed E-state index contributed by atoms with van der Waals surface area (Å²) in [4.78, 5) is 11.1. The molecule has 1 rings (SSSR count). The van der Waals surface area contributed by atoms with E-state index in [0.717, 1.165) is 0 Å². The van der Waals surface area contributed by atoms with Gasteiger partial charge in [-0.15, -0.1) is 0 Å². The molecule has 18 heavy (non-hydrogen) atoms. The minimum atomic E-state index is -0.696. The van der Waals surface area contributed by atoms with Crippen LogP contribution in [0.15, 0.2) is 12.1 Å². The molecule has 0 spiro atoms. The third kappa shape index (κ3) is 3.16. The first-order valence-electron chi connectivity index (χ1n) is 5.12. The molecule has 1 aromatic carbocycles. The minimum Gasteiger partial charge on any atom is -0.503 e. The summed E-state index contributed by atoms with van der Waals surface area (Å²) in [5, 5.41) is 18.6. The van der Waals surface area contributed by atoms with Crippen molar-refractivity contribution in [2.45, 2.75) is 6.92 Å². The molecule has 1 aromatic rings. The van der Waals surface area contributed by atoms with Gasteiger partial charge >= 0.3 is 5.97 Å². The van der Waals surface area contributed by atoms with E-state index in [4.69, 9.17) is 10.00 Å². The van der Waals surface area contributed by atoms with E-state index in [2.05, 4.69) is 16.6 Å². The van der Waals surface area contributed by atoms with Gasteiger partial charge in [0.15, 0.2) is 11.5 Å². The standard InChI is InChI=1S/C13H11NO4/c1-3-18-12(15)5-4-10-6-9(8-14)7-11(17-2)13(10)16/h6-7,16H,3H2,1-2H3. The zero-order valence-corrected chi connectivity index (χ0v) is 9.98. The molecule has 0 aromatic heterocycles. The minimum absolute atomic E-state index is 0.127. The number of hydrogen-bond donors (Lipinski definition) is 1. The molecule has 0 bridgehead atoms. The number of benzene rings is 1. The van der Waals surface area contributed by atoms with Crippen molar-refractivity contribution < 1.29 is 19.4 Å². The number of carbonyl (C=O) groups excluding carboxylic acids is 1. The van der Waals surface area contributed by atoms with Crippen molar-refractivity contribution in [3.05, 3.63) is 23.3 Å². The van der Waals surface area contributed by atoms with E-state index in [1.54, 1.807) is 6.92 Å². The van der Waals surface area contributed by atoms with Gasteiger partial charge in [0.05, 0.1) is 30.9 Å². The number of phenols is 1. The number of methoxy groups -OCH3 is 1. The average molecular weight is 245 g/mol. The van der Waals surface area contributed by atoms with Crippen LogP contribution < -0.4 is 4.74 Å². The van der Waals surface area contributed by atoms with Crippen molar-refractivity contribution in [3.63, 3.8) is 0 Å². The molecule has 0 aliphatic heterocycles. The molecule has 5 nitrogen and oxygen atoms in total. The molecule has 0 radical (unpaired) electrons. The van der Waals surface area contributed by atoms with Crippen LogP contribution in [0, 0.1) is 23.2 Å². The predicted molar refractivity (Wildman–Crippen MR) is 62.9 cm³/mol. The Kier molecular flexibility index (Phi) is 4.59. The maximum Gasteiger partial charge on any atom is 0.384 e. The number of aromatic hydroxyl groups is 1. The van der Waals surface area contributed by atoms with E-state index in [1.165, 1.54) is 19.2 Å². The van der Waals surface area contributed by atoms with Crippen LogP contribution in [0.3, 0.4) is 0 Å². The number of rotatable bonds is 2. The Morgan fingerprint density at radius 1 is 1.50 bits per heavy atom. The molecule has 0 aliphatic rings. The summed E-state index contributed by atoms with van der Waals surface area (Å²) in [5.74, 6) is 3.86. The van der Waals surface area contributed by atoms with Crippen molar-refractivity contribution in [1.29, 1.82) is 5.26 Å². The van der Waals surface area contributed by atoms with E-state index in [9.17, 15) is 9.90 Å². The number of phenolic OH excluding ortho intramolecular Hbond substituents is 1. The number of ether oxygens (including phenoxy) is 2. The molecule has 0 fully saturated rings. The Hall–Kier alpha value is -2.66. The van der Waals surface area contributed by atoms with Crippen molar-refractivity contribution in [2.24, 2.45) is 0 Å². The molecule has 0 atom stereocenters. The molecule has 0 saturated carbocycles. The van der Waals surface area contributed by atoms with E-state index in [1.807, 2.05) is 6.07 Å². The average Bonchev–Trinajstić information content (AvgIpc) is 2.38. The molecule has 0 aliphatic carbocycles. The monoisotopic (exact) mass is 245 g/mol. The maximum absolute atomic E-state index is 11.1. The second kappa shape index (κ2) is 6.17. The quantitative estimate of drug-likeness (QED) is 0.625. The lowest BCUT2D eigenvalue weighted by atomic mass is 10.1. The number of hydrogen-bond acceptors (Lipinski definition) is 5. The van der Waals surface area contributed by atoms with Gasteiger partial charge in [-0.3, -0.25) is 0 Å². The van der Waals surface area contributed by atoms with E-state index in [0.29, 0.717) is 0 Å². The largest absolute Gasteiger partial charge is 0.503 e. The molecule has 0 heterocycles. The van der Waals surface area contributed by atoms with Crippen molar-refractivity contribution in [2.75, 3.05) is 13.7 Å². The highest BCUT2D eigenvalue weighted by Crippen LogP contribution is 2.30. The van der Waals surface area contributed by atoms with Gasteiger partial charge in [0.2, 0.25) is 0 Å². The molecular formula is C13H11NO4. The summed E-state index contributed by atoms with van der Waals surface area (Å²) in [6.07, 6.45) is 0. The Balaban J connectivity index is 3.16. The molecule has 0 amide bonds. The van der Waals surface area contributed by atoms with Gasteiger partial charge in [-0.2, -0.15) is 5.26 Å². The fourth-order valence-corrected chi connectivity index (χ4v) is 1.21. The lowest BCUT2D eigenvalue weighted by Gasteiger charge is -2.05. The van der Waals surface area contributed by atoms with Crippen LogP contribution in [-0.2, 0) is 9.53 Å². The normalized spacial score (nSPS) is 8.72. The predicted octanol–water partition coefficient (Wildman–Crippen LogP) is 1.19. The smallest absolute Gasteiger partial charge is 0.384 e. The molecular weight excluding hydrogens is 234 g/mol. The summed E-state index contributed by atoms with van der Waals surface area (Å²) in [6.45, 7) is 1.89. The number of nitrogens with zero attached hydrogens (tertiary/aromatic N) is 1. The van der Waals surface area contributed by atoms with Gasteiger partial charge in [-0.1, -0.05) is 5.92 Å². The first-order valence-corrected chi connectivity index (χ1v) is 5.12. The van der Waals surface area contributed by atoms with Gasteiger partial charge < -0.3 is 14.6 Å². The van der Waals surface area contributed by atoms with Crippen LogP contribution in [0.1, 0.15) is 18.1 Å². The highest BCUT2D eigenvalue weighted by atomic mass is 16.5. The van der Waals surface area contributed by atoms with E-state index in [-0.39, 0.29) is 29.2 Å². The highest BCUT2D eigenvalue weighted by molar-refractivity contribution is 5.89. The van der Waals surface area contributed by atoms with Crippen LogP contribution in [0.4, 0.5) is 0 Å². The summed E-state index contributed by atoms with van der Waals surface area (Å²) in [6, 6.07) is 4.65. The van der Waals surface area contributed by atoms with E-state index < -0.39 is 5.97 Å². The van der Waals surface area contributed by atoms with Crippen LogP contribution in [0.5, 0.6) is 11.5 Å². The second-order valence-corrected chi connectivity index (χ2v) is 3.16. The molecule has 1 N–H and O–H groups in total. The Bertz CT molecular complexity index is 561. The van der Waals surface area contributed by atoms with Gasteiger partial charge in [0.25, 0.3) is 0 Å². The first kappa shape index (κ1) is 13.4. The van der Waals surface area contributed by atoms with Gasteiger partial charge in [0, 0.05) is 12.0 Å². The number of carbonyl (C=O) groups is 1. The van der Waals surface area contributed by atoms with Crippen LogP contribution in [0.25, 0.3) is 0 Å². The van der Waals surface area contributed by atoms with Crippen molar-refractivity contribution >= 4 is 5.97 Å². The zero-order chi connectivity index (χ0) is 13.5. The number of nitriles is 1. The van der Waals surface area contributed by atoms with Gasteiger partial charge in [-0.05, 0) is 13.0 Å². The molecule has 92 valence electrons. The molecule has 0 unspecified atom stereocenters. The van der Waals surface area contributed by atoms with Crippen LogP contribution in [-0.4, -0.2) is 24.8 Å². The molecule has 5 heteroatoms. The summed E-state index contributed by atoms with van der Waals surface area (Å²) in [7, 11) is 1.36. The molecule has 0 saturated heterocycles. The zero-order valence-electron chi connectivity index (χ0n) is 9.98. The third-order valence-corrected chi connectivity index (χ3v) is 2.00. The summed E-state index contributed by atoms with van der Waals surface area (Å²) < 4.78 is 9.52. The van der Waals surface area contributed by atoms with E-state index >= 15 is 0 Å². The fourth-order valence-electron chi connectivity index (χ4n) is 1.21. The first-order chi connectivity index (χ1) is 8.62. The lowest BCUT2D eigenvalue weighted by Crippen LogP contribution is -1.99. The van der Waals surface area contributed by atoms with Crippen LogP contribution >= 0.6 is 0 Å². The Morgan fingerprint density at radius 2 is 2.22 bits per heavy atom. The van der Waals surface area contributed by atoms with Gasteiger partial charge in [0.1, 0.15) is 0 Å².